The fourth-order valence-corrected chi connectivity index (χ4v) is 1.68. The van der Waals surface area contributed by atoms with Crippen LogP contribution in [0.25, 0.3) is 0 Å². The van der Waals surface area contributed by atoms with E-state index in [9.17, 15) is 0 Å². The van der Waals surface area contributed by atoms with Crippen LogP contribution in [0.4, 0.5) is 0 Å². The van der Waals surface area contributed by atoms with E-state index >= 15 is 0 Å². The predicted molar refractivity (Wildman–Crippen MR) is 68.3 cm³/mol. The van der Waals surface area contributed by atoms with Gasteiger partial charge in [-0.1, -0.05) is 65.9 Å². The van der Waals surface area contributed by atoms with Crippen LogP contribution >= 0.6 is 0 Å². The van der Waals surface area contributed by atoms with Crippen LogP contribution in [0.3, 0.4) is 0 Å². The second-order valence-corrected chi connectivity index (χ2v) is 3.68. The summed E-state index contributed by atoms with van der Waals surface area (Å²) in [6, 6.07) is 19.9. The third-order valence-corrected chi connectivity index (χ3v) is 2.49. The van der Waals surface area contributed by atoms with Gasteiger partial charge >= 0.3 is 0 Å². The maximum absolute atomic E-state index is 6.89. The Morgan fingerprint density at radius 3 is 2.06 bits per heavy atom. The Bertz CT molecular complexity index is 504. The molecule has 0 fully saturated rings. The minimum Gasteiger partial charge on any atom is -0.185 e. The molecule has 3 nitrogen and oxygen atoms in total. The summed E-state index contributed by atoms with van der Waals surface area (Å²) in [6.07, 6.45) is 0.688. The van der Waals surface area contributed by atoms with E-state index in [1.54, 1.807) is 0 Å². The Morgan fingerprint density at radius 1 is 0.882 bits per heavy atom. The Labute approximate surface area is 100 Å². The highest BCUT2D eigenvalue weighted by Crippen LogP contribution is 2.08. The molecule has 0 unspecified atom stereocenters. The van der Waals surface area contributed by atoms with E-state index in [4.69, 9.17) is 5.53 Å². The molecule has 0 heterocycles. The number of rotatable bonds is 4. The lowest BCUT2D eigenvalue weighted by Gasteiger charge is -2.04. The standard InChI is InChI=1S/C14H13N3/c15-17-16-14(13-9-5-2-6-10-13)11-12-7-3-1-4-8-12/h1-10,15H,11H2. The van der Waals surface area contributed by atoms with Crippen molar-refractivity contribution in [2.75, 3.05) is 0 Å². The molecule has 2 aromatic rings. The van der Waals surface area contributed by atoms with Crippen molar-refractivity contribution in [3.63, 3.8) is 0 Å². The number of hydrogen-bond acceptors (Lipinski definition) is 2. The fraction of sp³-hybridized carbons (Fsp3) is 0.0714. The lowest BCUT2D eigenvalue weighted by Crippen LogP contribution is -2.04. The lowest BCUT2D eigenvalue weighted by atomic mass is 10.0. The summed E-state index contributed by atoms with van der Waals surface area (Å²) in [5.41, 5.74) is 9.87. The van der Waals surface area contributed by atoms with Gasteiger partial charge in [-0.25, -0.2) is 0 Å². The molecule has 2 rings (SSSR count). The average Bonchev–Trinajstić information content (AvgIpc) is 2.40. The molecule has 0 saturated heterocycles. The Kier molecular flexibility index (Phi) is 3.76. The highest BCUT2D eigenvalue weighted by Gasteiger charge is 2.04. The quantitative estimate of drug-likeness (QED) is 0.467. The van der Waals surface area contributed by atoms with Gasteiger partial charge in [-0.2, -0.15) is 5.53 Å². The Balaban J connectivity index is 2.26. The minimum absolute atomic E-state index is 0.688. The van der Waals surface area contributed by atoms with Crippen LogP contribution in [0.15, 0.2) is 71.0 Å². The molecule has 0 aliphatic rings. The minimum atomic E-state index is 0.688. The van der Waals surface area contributed by atoms with Gasteiger partial charge in [0.15, 0.2) is 0 Å². The van der Waals surface area contributed by atoms with Gasteiger partial charge in [-0.3, -0.25) is 0 Å². The van der Waals surface area contributed by atoms with Crippen LogP contribution in [0, 0.1) is 5.53 Å². The highest BCUT2D eigenvalue weighted by molar-refractivity contribution is 6.01. The van der Waals surface area contributed by atoms with Gasteiger partial charge in [0.05, 0.1) is 5.71 Å². The summed E-state index contributed by atoms with van der Waals surface area (Å²) in [5, 5.41) is 7.04. The molecule has 0 aromatic heterocycles. The van der Waals surface area contributed by atoms with Gasteiger partial charge in [0.1, 0.15) is 0 Å². The summed E-state index contributed by atoms with van der Waals surface area (Å²) >= 11 is 0. The molecule has 0 amide bonds. The monoisotopic (exact) mass is 223 g/mol. The van der Waals surface area contributed by atoms with Crippen molar-refractivity contribution in [3.8, 4) is 0 Å². The van der Waals surface area contributed by atoms with E-state index in [0.29, 0.717) is 6.42 Å². The van der Waals surface area contributed by atoms with Crippen molar-refractivity contribution in [3.05, 3.63) is 71.8 Å². The van der Waals surface area contributed by atoms with Crippen LogP contribution in [0.5, 0.6) is 0 Å². The summed E-state index contributed by atoms with van der Waals surface area (Å²) in [6.45, 7) is 0. The maximum Gasteiger partial charge on any atom is 0.0764 e. The van der Waals surface area contributed by atoms with E-state index in [0.717, 1.165) is 11.3 Å². The van der Waals surface area contributed by atoms with E-state index < -0.39 is 0 Å². The first-order chi connectivity index (χ1) is 8.40. The van der Waals surface area contributed by atoms with Crippen LogP contribution in [0.1, 0.15) is 11.1 Å². The van der Waals surface area contributed by atoms with Crippen molar-refractivity contribution < 1.29 is 0 Å². The van der Waals surface area contributed by atoms with Gasteiger partial charge in [-0.05, 0) is 11.1 Å². The van der Waals surface area contributed by atoms with E-state index in [2.05, 4.69) is 10.3 Å². The lowest BCUT2D eigenvalue weighted by molar-refractivity contribution is 0.981. The average molecular weight is 223 g/mol. The summed E-state index contributed by atoms with van der Waals surface area (Å²) in [4.78, 5) is 0. The second-order valence-electron chi connectivity index (χ2n) is 3.68. The topological polar surface area (TPSA) is 48.6 Å². The molecule has 3 heteroatoms. The predicted octanol–water partition coefficient (Wildman–Crippen LogP) is 3.66. The van der Waals surface area contributed by atoms with E-state index in [1.165, 1.54) is 5.56 Å². The number of nitrogens with zero attached hydrogens (tertiary/aromatic N) is 2. The van der Waals surface area contributed by atoms with Crippen molar-refractivity contribution in [1.82, 2.24) is 0 Å². The zero-order valence-corrected chi connectivity index (χ0v) is 9.38. The van der Waals surface area contributed by atoms with Gasteiger partial charge in [0.25, 0.3) is 0 Å². The smallest absolute Gasteiger partial charge is 0.0764 e. The van der Waals surface area contributed by atoms with Crippen LogP contribution < -0.4 is 0 Å². The molecule has 0 spiro atoms. The summed E-state index contributed by atoms with van der Waals surface area (Å²) < 4.78 is 0. The normalized spacial score (nSPS) is 11.2. The molecule has 0 atom stereocenters. The van der Waals surface area contributed by atoms with E-state index in [1.807, 2.05) is 60.7 Å². The van der Waals surface area contributed by atoms with E-state index in [-0.39, 0.29) is 0 Å². The molecule has 84 valence electrons. The molecule has 0 aliphatic heterocycles. The second kappa shape index (κ2) is 5.70. The first kappa shape index (κ1) is 11.2. The molecule has 17 heavy (non-hydrogen) atoms. The summed E-state index contributed by atoms with van der Waals surface area (Å²) in [5.74, 6) is 0. The first-order valence-corrected chi connectivity index (χ1v) is 5.43. The molecule has 0 saturated carbocycles. The molecule has 2 aromatic carbocycles. The van der Waals surface area contributed by atoms with Crippen LogP contribution in [0.2, 0.25) is 0 Å². The SMILES string of the molecule is N=NN=C(Cc1ccccc1)c1ccccc1. The molecule has 0 radical (unpaired) electrons. The largest absolute Gasteiger partial charge is 0.185 e. The molecular weight excluding hydrogens is 210 g/mol. The summed E-state index contributed by atoms with van der Waals surface area (Å²) in [7, 11) is 0. The van der Waals surface area contributed by atoms with Gasteiger partial charge in [0, 0.05) is 6.42 Å². The zero-order chi connectivity index (χ0) is 11.9. The van der Waals surface area contributed by atoms with Crippen molar-refractivity contribution in [2.24, 2.45) is 10.3 Å². The first-order valence-electron chi connectivity index (χ1n) is 5.43. The molecule has 0 aliphatic carbocycles. The number of benzene rings is 2. The van der Waals surface area contributed by atoms with Crippen molar-refractivity contribution in [1.29, 1.82) is 5.53 Å². The number of hydrogen-bond donors (Lipinski definition) is 1. The third kappa shape index (κ3) is 3.08. The molecule has 1 N–H and O–H groups in total. The van der Waals surface area contributed by atoms with Gasteiger partial charge < -0.3 is 0 Å². The zero-order valence-electron chi connectivity index (χ0n) is 9.38. The Morgan fingerprint density at radius 2 is 1.47 bits per heavy atom. The van der Waals surface area contributed by atoms with Crippen LogP contribution in [-0.4, -0.2) is 5.71 Å². The van der Waals surface area contributed by atoms with Crippen molar-refractivity contribution in [2.45, 2.75) is 6.42 Å². The maximum atomic E-state index is 6.89. The van der Waals surface area contributed by atoms with Gasteiger partial charge in [0.2, 0.25) is 0 Å². The third-order valence-electron chi connectivity index (χ3n) is 2.49. The fourth-order valence-electron chi connectivity index (χ4n) is 1.68. The number of nitrogens with one attached hydrogen (secondary N) is 1. The van der Waals surface area contributed by atoms with Gasteiger partial charge in [-0.15, -0.1) is 5.10 Å². The van der Waals surface area contributed by atoms with Crippen molar-refractivity contribution >= 4 is 5.71 Å². The highest BCUT2D eigenvalue weighted by atomic mass is 15.3. The molecular formula is C14H13N3. The van der Waals surface area contributed by atoms with Crippen LogP contribution in [-0.2, 0) is 6.42 Å². The molecule has 0 bridgehead atoms. The Hall–Kier alpha value is -2.29.